The molecule has 1 saturated carbocycles. The third-order valence-electron chi connectivity index (χ3n) is 6.16. The van der Waals surface area contributed by atoms with Gasteiger partial charge in [-0.3, -0.25) is 0 Å². The first-order valence-corrected chi connectivity index (χ1v) is 14.5. The molecule has 3 aromatic rings. The van der Waals surface area contributed by atoms with E-state index in [2.05, 4.69) is 15.3 Å². The molecule has 0 radical (unpaired) electrons. The Labute approximate surface area is 211 Å². The van der Waals surface area contributed by atoms with Crippen LogP contribution in [0, 0.1) is 13.8 Å². The molecule has 2 heterocycles. The molecule has 1 aliphatic heterocycles. The Bertz CT molecular complexity index is 1490. The second-order valence-electron chi connectivity index (χ2n) is 9.02. The van der Waals surface area contributed by atoms with Crippen LogP contribution in [0.2, 0.25) is 0 Å². The highest BCUT2D eigenvalue weighted by atomic mass is 32.2. The van der Waals surface area contributed by atoms with Crippen LogP contribution in [0.1, 0.15) is 35.2 Å². The third kappa shape index (κ3) is 6.19. The zero-order valence-electron chi connectivity index (χ0n) is 20.2. The first kappa shape index (κ1) is 26.0. The molecule has 192 valence electrons. The Morgan fingerprint density at radius 2 is 1.78 bits per heavy atom. The van der Waals surface area contributed by atoms with E-state index in [1.54, 1.807) is 22.6 Å². The maximum Gasteiger partial charge on any atom is 0.238 e. The number of fused-ring (bicyclic) bond motifs is 1. The fourth-order valence-corrected chi connectivity index (χ4v) is 6.19. The molecular weight excluding hydrogens is 500 g/mol. The van der Waals surface area contributed by atoms with Crippen LogP contribution in [0.5, 0.6) is 0 Å². The topological polar surface area (TPSA) is 161 Å². The van der Waals surface area contributed by atoms with E-state index >= 15 is 0 Å². The van der Waals surface area contributed by atoms with Crippen LogP contribution in [0.25, 0.3) is 0 Å². The molecule has 0 bridgehead atoms. The number of nitrogen functional groups attached to an aromatic ring is 1. The maximum absolute atomic E-state index is 12.1. The summed E-state index contributed by atoms with van der Waals surface area (Å²) >= 11 is 0. The zero-order chi connectivity index (χ0) is 26.1. The SMILES string of the molecule is Cc1cnc(Nc2cccc(S(N)(=O)=O)c2)nc1C.Nc1ccc2c(c1)CCN(S(=O)(=O)C1CC1)C2. The van der Waals surface area contributed by atoms with E-state index in [9.17, 15) is 16.8 Å². The average molecular weight is 531 g/mol. The number of aryl methyl sites for hydroxylation is 2. The van der Waals surface area contributed by atoms with Crippen molar-refractivity contribution in [1.29, 1.82) is 0 Å². The van der Waals surface area contributed by atoms with Crippen LogP contribution >= 0.6 is 0 Å². The summed E-state index contributed by atoms with van der Waals surface area (Å²) in [7, 11) is -6.75. The number of hydrogen-bond donors (Lipinski definition) is 3. The minimum absolute atomic E-state index is 0.0429. The first-order valence-electron chi connectivity index (χ1n) is 11.5. The van der Waals surface area contributed by atoms with Gasteiger partial charge in [0.2, 0.25) is 26.0 Å². The van der Waals surface area contributed by atoms with Gasteiger partial charge in [0.15, 0.2) is 0 Å². The molecule has 5 rings (SSSR count). The molecule has 1 aromatic heterocycles. The summed E-state index contributed by atoms with van der Waals surface area (Å²) in [6, 6.07) is 11.9. The number of anilines is 3. The molecule has 10 nitrogen and oxygen atoms in total. The molecule has 12 heteroatoms. The molecule has 5 N–H and O–H groups in total. The van der Waals surface area contributed by atoms with Crippen molar-refractivity contribution in [3.63, 3.8) is 0 Å². The van der Waals surface area contributed by atoms with Crippen LogP contribution < -0.4 is 16.2 Å². The molecule has 1 aliphatic carbocycles. The van der Waals surface area contributed by atoms with Gasteiger partial charge in [0.25, 0.3) is 0 Å². The van der Waals surface area contributed by atoms with Crippen molar-refractivity contribution in [3.8, 4) is 0 Å². The van der Waals surface area contributed by atoms with Crippen LogP contribution in [0.4, 0.5) is 17.3 Å². The summed E-state index contributed by atoms with van der Waals surface area (Å²) in [5.41, 5.74) is 11.2. The van der Waals surface area contributed by atoms with Crippen molar-refractivity contribution in [2.24, 2.45) is 5.14 Å². The van der Waals surface area contributed by atoms with E-state index in [0.29, 0.717) is 24.7 Å². The minimum Gasteiger partial charge on any atom is -0.399 e. The summed E-state index contributed by atoms with van der Waals surface area (Å²) < 4.78 is 48.4. The lowest BCUT2D eigenvalue weighted by molar-refractivity contribution is 0.390. The number of benzene rings is 2. The summed E-state index contributed by atoms with van der Waals surface area (Å²) in [6.45, 7) is 4.90. The van der Waals surface area contributed by atoms with Gasteiger partial charge >= 0.3 is 0 Å². The molecule has 0 unspecified atom stereocenters. The minimum atomic E-state index is -3.71. The van der Waals surface area contributed by atoms with Crippen molar-refractivity contribution < 1.29 is 16.8 Å². The molecule has 2 aromatic carbocycles. The lowest BCUT2D eigenvalue weighted by atomic mass is 10.0. The van der Waals surface area contributed by atoms with Gasteiger partial charge in [-0.25, -0.2) is 31.9 Å². The van der Waals surface area contributed by atoms with Crippen LogP contribution in [0.3, 0.4) is 0 Å². The fraction of sp³-hybridized carbons (Fsp3) is 0.333. The Balaban J connectivity index is 0.000000170. The second kappa shape index (κ2) is 10.1. The molecule has 0 amide bonds. The number of nitrogens with zero attached hydrogens (tertiary/aromatic N) is 3. The van der Waals surface area contributed by atoms with Crippen LogP contribution in [-0.4, -0.2) is 42.9 Å². The summed E-state index contributed by atoms with van der Waals surface area (Å²) in [4.78, 5) is 8.42. The third-order valence-corrected chi connectivity index (χ3v) is 9.41. The van der Waals surface area contributed by atoms with Gasteiger partial charge in [-0.15, -0.1) is 0 Å². The highest BCUT2D eigenvalue weighted by Gasteiger charge is 2.40. The van der Waals surface area contributed by atoms with Crippen molar-refractivity contribution >= 4 is 37.4 Å². The maximum atomic E-state index is 12.1. The number of sulfonamides is 2. The standard InChI is InChI=1S/C12H14N4O2S.C12H16N2O2S/c1-8-7-14-12(15-9(8)2)16-10-4-3-5-11(6-10)19(13,17)18;13-11-2-1-10-8-14(6-5-9(10)7-11)17(15,16)12-3-4-12/h3-7H,1-2H3,(H2,13,17,18)(H,14,15,16);1-2,7,12H,3-6,8,13H2. The van der Waals surface area contributed by atoms with E-state index in [1.807, 2.05) is 32.0 Å². The van der Waals surface area contributed by atoms with E-state index < -0.39 is 20.0 Å². The molecule has 2 aliphatic rings. The van der Waals surface area contributed by atoms with Crippen molar-refractivity contribution in [2.75, 3.05) is 17.6 Å². The van der Waals surface area contributed by atoms with Gasteiger partial charge in [-0.05, 0) is 80.1 Å². The van der Waals surface area contributed by atoms with Crippen molar-refractivity contribution in [3.05, 3.63) is 71.0 Å². The van der Waals surface area contributed by atoms with Gasteiger partial charge in [-0.1, -0.05) is 12.1 Å². The second-order valence-corrected chi connectivity index (χ2v) is 12.8. The summed E-state index contributed by atoms with van der Waals surface area (Å²) in [6.07, 6.45) is 4.13. The van der Waals surface area contributed by atoms with Gasteiger partial charge in [0.05, 0.1) is 10.1 Å². The normalized spacial score (nSPS) is 16.0. The lowest BCUT2D eigenvalue weighted by Gasteiger charge is -2.28. The Hall–Kier alpha value is -3.06. The molecule has 0 saturated heterocycles. The van der Waals surface area contributed by atoms with Crippen LogP contribution in [-0.2, 0) is 33.0 Å². The number of nitrogens with one attached hydrogen (secondary N) is 1. The monoisotopic (exact) mass is 530 g/mol. The fourth-order valence-electron chi connectivity index (χ4n) is 3.81. The predicted molar refractivity (Wildman–Crippen MR) is 140 cm³/mol. The number of nitrogens with two attached hydrogens (primary N) is 2. The smallest absolute Gasteiger partial charge is 0.238 e. The Kier molecular flexibility index (Phi) is 7.32. The van der Waals surface area contributed by atoms with E-state index in [0.717, 1.165) is 41.8 Å². The highest BCUT2D eigenvalue weighted by Crippen LogP contribution is 2.33. The molecule has 1 fully saturated rings. The largest absolute Gasteiger partial charge is 0.399 e. The zero-order valence-corrected chi connectivity index (χ0v) is 21.8. The highest BCUT2D eigenvalue weighted by molar-refractivity contribution is 7.90. The van der Waals surface area contributed by atoms with Gasteiger partial charge in [0, 0.05) is 36.4 Å². The number of rotatable bonds is 5. The first-order chi connectivity index (χ1) is 16.9. The predicted octanol–water partition coefficient (Wildman–Crippen LogP) is 2.60. The van der Waals surface area contributed by atoms with E-state index in [1.165, 1.54) is 17.7 Å². The van der Waals surface area contributed by atoms with E-state index in [-0.39, 0.29) is 10.1 Å². The van der Waals surface area contributed by atoms with Crippen LogP contribution in [0.15, 0.2) is 53.6 Å². The van der Waals surface area contributed by atoms with Gasteiger partial charge < -0.3 is 11.1 Å². The van der Waals surface area contributed by atoms with Gasteiger partial charge in [-0.2, -0.15) is 4.31 Å². The Morgan fingerprint density at radius 3 is 2.44 bits per heavy atom. The molecule has 0 atom stereocenters. The molecule has 36 heavy (non-hydrogen) atoms. The quantitative estimate of drug-likeness (QED) is 0.424. The van der Waals surface area contributed by atoms with Crippen molar-refractivity contribution in [1.82, 2.24) is 14.3 Å². The average Bonchev–Trinajstić information content (AvgIpc) is 3.67. The lowest BCUT2D eigenvalue weighted by Crippen LogP contribution is -2.38. The summed E-state index contributed by atoms with van der Waals surface area (Å²) in [5.74, 6) is 0.412. The Morgan fingerprint density at radius 1 is 1.03 bits per heavy atom. The number of aromatic nitrogens is 2. The van der Waals surface area contributed by atoms with E-state index in [4.69, 9.17) is 10.9 Å². The number of hydrogen-bond acceptors (Lipinski definition) is 8. The summed E-state index contributed by atoms with van der Waals surface area (Å²) in [5, 5.41) is 7.91. The van der Waals surface area contributed by atoms with Gasteiger partial charge in [0.1, 0.15) is 0 Å². The number of primary sulfonamides is 1. The molecular formula is C24H30N6O4S2. The molecule has 0 spiro atoms. The van der Waals surface area contributed by atoms with Crippen molar-refractivity contribution in [2.45, 2.75) is 49.8 Å².